The molecule has 20 heavy (non-hydrogen) atoms. The Bertz CT molecular complexity index is 773. The van der Waals surface area contributed by atoms with E-state index >= 15 is 0 Å². The van der Waals surface area contributed by atoms with Gasteiger partial charge in [-0.05, 0) is 29.0 Å². The summed E-state index contributed by atoms with van der Waals surface area (Å²) in [6.07, 6.45) is 0. The highest BCUT2D eigenvalue weighted by Gasteiger charge is 2.16. The molecule has 0 spiro atoms. The minimum absolute atomic E-state index is 0.166. The quantitative estimate of drug-likeness (QED) is 0.827. The molecule has 0 amide bonds. The minimum Gasteiger partial charge on any atom is -0.507 e. The standard InChI is InChI=1S/C16H19NO3/c1-8(2)10-5-6-11-12(18)7-13(19)16(20)17-15(11)14(10)9(3)4/h5-9,18H,1-4H3,(H,17,19,20). The summed E-state index contributed by atoms with van der Waals surface area (Å²) in [7, 11) is 0. The Balaban J connectivity index is 3.09. The van der Waals surface area contributed by atoms with Crippen molar-refractivity contribution in [2.75, 3.05) is 0 Å². The van der Waals surface area contributed by atoms with Crippen LogP contribution in [0.1, 0.15) is 50.7 Å². The maximum Gasteiger partial charge on any atom is 0.296 e. The van der Waals surface area contributed by atoms with Crippen LogP contribution < -0.4 is 11.0 Å². The van der Waals surface area contributed by atoms with Crippen LogP contribution in [0.3, 0.4) is 0 Å². The second-order valence-electron chi connectivity index (χ2n) is 5.65. The molecule has 0 unspecified atom stereocenters. The average Bonchev–Trinajstić information content (AvgIpc) is 2.46. The predicted molar refractivity (Wildman–Crippen MR) is 80.7 cm³/mol. The molecule has 0 saturated carbocycles. The Labute approximate surface area is 117 Å². The maximum atomic E-state index is 11.8. The van der Waals surface area contributed by atoms with Crippen molar-refractivity contribution in [1.29, 1.82) is 0 Å². The summed E-state index contributed by atoms with van der Waals surface area (Å²) in [4.78, 5) is 26.0. The van der Waals surface area contributed by atoms with E-state index in [4.69, 9.17) is 0 Å². The van der Waals surface area contributed by atoms with Crippen molar-refractivity contribution in [3.05, 3.63) is 49.9 Å². The normalized spacial score (nSPS) is 11.5. The number of aromatic hydroxyl groups is 1. The topological polar surface area (TPSA) is 70.2 Å². The SMILES string of the molecule is CC(C)c1ccc2c(O)cc(=O)c(=O)[nH]c2c1C(C)C. The molecular weight excluding hydrogens is 254 g/mol. The molecule has 0 aliphatic heterocycles. The van der Waals surface area contributed by atoms with Gasteiger partial charge in [0, 0.05) is 11.5 Å². The summed E-state index contributed by atoms with van der Waals surface area (Å²) in [6.45, 7) is 8.21. The highest BCUT2D eigenvalue weighted by Crippen LogP contribution is 2.33. The van der Waals surface area contributed by atoms with Crippen molar-refractivity contribution in [3.63, 3.8) is 0 Å². The Morgan fingerprint density at radius 3 is 2.25 bits per heavy atom. The molecule has 106 valence electrons. The van der Waals surface area contributed by atoms with Crippen LogP contribution >= 0.6 is 0 Å². The third kappa shape index (κ3) is 2.33. The summed E-state index contributed by atoms with van der Waals surface area (Å²) in [5.41, 5.74) is 1.19. The smallest absolute Gasteiger partial charge is 0.296 e. The van der Waals surface area contributed by atoms with E-state index in [-0.39, 0.29) is 11.7 Å². The van der Waals surface area contributed by atoms with Crippen molar-refractivity contribution in [2.45, 2.75) is 39.5 Å². The number of hydrogen-bond donors (Lipinski definition) is 2. The van der Waals surface area contributed by atoms with Crippen LogP contribution in [-0.2, 0) is 0 Å². The van der Waals surface area contributed by atoms with E-state index in [1.54, 1.807) is 6.07 Å². The van der Waals surface area contributed by atoms with Gasteiger partial charge < -0.3 is 10.1 Å². The van der Waals surface area contributed by atoms with Gasteiger partial charge in [0.2, 0.25) is 5.43 Å². The zero-order chi connectivity index (χ0) is 15.0. The molecule has 2 aromatic rings. The lowest BCUT2D eigenvalue weighted by atomic mass is 9.88. The van der Waals surface area contributed by atoms with Crippen molar-refractivity contribution in [3.8, 4) is 5.75 Å². The zero-order valence-electron chi connectivity index (χ0n) is 12.2. The molecule has 0 radical (unpaired) electrons. The van der Waals surface area contributed by atoms with Gasteiger partial charge in [-0.3, -0.25) is 9.59 Å². The number of benzene rings is 1. The van der Waals surface area contributed by atoms with Gasteiger partial charge in [0.1, 0.15) is 5.75 Å². The van der Waals surface area contributed by atoms with Gasteiger partial charge in [0.25, 0.3) is 5.56 Å². The Kier molecular flexibility index (Phi) is 3.66. The van der Waals surface area contributed by atoms with Crippen LogP contribution in [0.4, 0.5) is 0 Å². The first-order valence-electron chi connectivity index (χ1n) is 6.76. The fourth-order valence-corrected chi connectivity index (χ4v) is 2.55. The van der Waals surface area contributed by atoms with E-state index in [0.717, 1.165) is 17.2 Å². The summed E-state index contributed by atoms with van der Waals surface area (Å²) >= 11 is 0. The van der Waals surface area contributed by atoms with E-state index < -0.39 is 11.0 Å². The lowest BCUT2D eigenvalue weighted by molar-refractivity contribution is 0.481. The van der Waals surface area contributed by atoms with Crippen LogP contribution in [-0.4, -0.2) is 10.1 Å². The van der Waals surface area contributed by atoms with E-state index in [1.165, 1.54) is 0 Å². The van der Waals surface area contributed by atoms with E-state index in [1.807, 2.05) is 19.9 Å². The van der Waals surface area contributed by atoms with Crippen molar-refractivity contribution in [1.82, 2.24) is 4.98 Å². The third-order valence-corrected chi connectivity index (χ3v) is 3.48. The Morgan fingerprint density at radius 1 is 1.05 bits per heavy atom. The largest absolute Gasteiger partial charge is 0.507 e. The van der Waals surface area contributed by atoms with Gasteiger partial charge in [-0.15, -0.1) is 0 Å². The molecule has 1 aromatic heterocycles. The van der Waals surface area contributed by atoms with Gasteiger partial charge in [-0.25, -0.2) is 0 Å². The molecular formula is C16H19NO3. The lowest BCUT2D eigenvalue weighted by Gasteiger charge is -2.17. The molecule has 2 N–H and O–H groups in total. The van der Waals surface area contributed by atoms with Crippen LogP contribution in [0.2, 0.25) is 0 Å². The second-order valence-corrected chi connectivity index (χ2v) is 5.65. The van der Waals surface area contributed by atoms with E-state index in [2.05, 4.69) is 18.8 Å². The molecule has 0 fully saturated rings. The highest BCUT2D eigenvalue weighted by atomic mass is 16.3. The van der Waals surface area contributed by atoms with E-state index in [9.17, 15) is 14.7 Å². The number of aromatic nitrogens is 1. The molecule has 4 heteroatoms. The fraction of sp³-hybridized carbons (Fsp3) is 0.375. The number of fused-ring (bicyclic) bond motifs is 1. The van der Waals surface area contributed by atoms with Crippen LogP contribution in [0.5, 0.6) is 5.75 Å². The molecule has 0 atom stereocenters. The first-order chi connectivity index (χ1) is 9.32. The molecule has 1 aromatic carbocycles. The van der Waals surface area contributed by atoms with Crippen LogP contribution in [0, 0.1) is 0 Å². The van der Waals surface area contributed by atoms with Gasteiger partial charge in [-0.2, -0.15) is 0 Å². The Morgan fingerprint density at radius 2 is 1.70 bits per heavy atom. The number of nitrogens with one attached hydrogen (secondary N) is 1. The monoisotopic (exact) mass is 273 g/mol. The molecule has 0 saturated heterocycles. The predicted octanol–water partition coefficient (Wildman–Crippen LogP) is 2.84. The number of hydrogen-bond acceptors (Lipinski definition) is 3. The molecule has 0 aliphatic carbocycles. The van der Waals surface area contributed by atoms with Gasteiger partial charge in [0.05, 0.1) is 5.52 Å². The van der Waals surface area contributed by atoms with Gasteiger partial charge >= 0.3 is 0 Å². The first kappa shape index (κ1) is 14.3. The third-order valence-electron chi connectivity index (χ3n) is 3.48. The van der Waals surface area contributed by atoms with Gasteiger partial charge in [0.15, 0.2) is 0 Å². The van der Waals surface area contributed by atoms with E-state index in [0.29, 0.717) is 16.8 Å². The van der Waals surface area contributed by atoms with Gasteiger partial charge in [-0.1, -0.05) is 33.8 Å². The number of aromatic amines is 1. The fourth-order valence-electron chi connectivity index (χ4n) is 2.55. The molecule has 0 bridgehead atoms. The lowest BCUT2D eigenvalue weighted by Crippen LogP contribution is -2.22. The maximum absolute atomic E-state index is 11.8. The van der Waals surface area contributed by atoms with Crippen molar-refractivity contribution >= 4 is 10.9 Å². The molecule has 4 nitrogen and oxygen atoms in total. The zero-order valence-corrected chi connectivity index (χ0v) is 12.2. The molecule has 2 rings (SSSR count). The summed E-state index contributed by atoms with van der Waals surface area (Å²) in [5.74, 6) is 0.295. The number of rotatable bonds is 2. The summed E-state index contributed by atoms with van der Waals surface area (Å²) in [6, 6.07) is 4.67. The number of H-pyrrole nitrogens is 1. The second kappa shape index (κ2) is 5.12. The van der Waals surface area contributed by atoms with Crippen molar-refractivity contribution in [2.24, 2.45) is 0 Å². The average molecular weight is 273 g/mol. The highest BCUT2D eigenvalue weighted by molar-refractivity contribution is 5.88. The van der Waals surface area contributed by atoms with Crippen LogP contribution in [0.15, 0.2) is 27.8 Å². The first-order valence-corrected chi connectivity index (χ1v) is 6.76. The van der Waals surface area contributed by atoms with Crippen molar-refractivity contribution < 1.29 is 5.11 Å². The molecule has 1 heterocycles. The van der Waals surface area contributed by atoms with Crippen LogP contribution in [0.25, 0.3) is 10.9 Å². The molecule has 0 aliphatic rings. The minimum atomic E-state index is -0.737. The summed E-state index contributed by atoms with van der Waals surface area (Å²) in [5, 5.41) is 10.5. The summed E-state index contributed by atoms with van der Waals surface area (Å²) < 4.78 is 0. The Hall–Kier alpha value is -2.10.